The molecule has 4 nitrogen and oxygen atoms in total. The molecule has 3 saturated carbocycles. The maximum Gasteiger partial charge on any atom is 0.240 e. The Morgan fingerprint density at radius 3 is 2.45 bits per heavy atom. The molecule has 0 heterocycles. The summed E-state index contributed by atoms with van der Waals surface area (Å²) in [6.45, 7) is 0. The molecule has 20 heavy (non-hydrogen) atoms. The van der Waals surface area contributed by atoms with Crippen LogP contribution in [0.25, 0.3) is 0 Å². The van der Waals surface area contributed by atoms with Crippen LogP contribution in [0.2, 0.25) is 0 Å². The summed E-state index contributed by atoms with van der Waals surface area (Å²) in [7, 11) is -3.43. The quantitative estimate of drug-likeness (QED) is 0.816. The van der Waals surface area contributed by atoms with Gasteiger partial charge in [0.05, 0.1) is 4.90 Å². The van der Waals surface area contributed by atoms with Crippen molar-refractivity contribution in [3.8, 4) is 0 Å². The lowest BCUT2D eigenvalue weighted by Crippen LogP contribution is -2.30. The van der Waals surface area contributed by atoms with E-state index < -0.39 is 10.0 Å². The predicted octanol–water partition coefficient (Wildman–Crippen LogP) is 2.35. The zero-order valence-corrected chi connectivity index (χ0v) is 13.3. The predicted molar refractivity (Wildman–Crippen MR) is 80.5 cm³/mol. The van der Waals surface area contributed by atoms with Crippen LogP contribution in [0.3, 0.4) is 0 Å². The van der Waals surface area contributed by atoms with Gasteiger partial charge in [-0.15, -0.1) is 0 Å². The fraction of sp³-hybridized carbons (Fsp3) is 0.571. The van der Waals surface area contributed by atoms with Gasteiger partial charge in [0.25, 0.3) is 0 Å². The monoisotopic (exact) mass is 356 g/mol. The largest absolute Gasteiger partial charge is 0.398 e. The maximum atomic E-state index is 12.4. The highest BCUT2D eigenvalue weighted by atomic mass is 79.9. The molecule has 3 N–H and O–H groups in total. The van der Waals surface area contributed by atoms with E-state index in [0.29, 0.717) is 22.0 Å². The first kappa shape index (κ1) is 13.1. The number of rotatable bonds is 3. The number of nitrogens with one attached hydrogen (secondary N) is 1. The molecule has 6 heteroatoms. The molecular formula is C14H17BrN2O2S. The summed E-state index contributed by atoms with van der Waals surface area (Å²) < 4.78 is 28.4. The molecule has 3 aliphatic carbocycles. The first-order valence-electron chi connectivity index (χ1n) is 7.05. The molecular weight excluding hydrogens is 340 g/mol. The summed E-state index contributed by atoms with van der Waals surface area (Å²) in [5.74, 6) is 2.72. The second-order valence-corrected chi connectivity index (χ2v) is 8.89. The highest BCUT2D eigenvalue weighted by Gasteiger charge is 2.65. The Morgan fingerprint density at radius 2 is 1.85 bits per heavy atom. The summed E-state index contributed by atoms with van der Waals surface area (Å²) in [4.78, 5) is 0.288. The van der Waals surface area contributed by atoms with Crippen LogP contribution in [0, 0.1) is 23.7 Å². The van der Waals surface area contributed by atoms with E-state index >= 15 is 0 Å². The number of nitrogen functional groups attached to an aromatic ring is 1. The van der Waals surface area contributed by atoms with E-state index in [4.69, 9.17) is 5.73 Å². The van der Waals surface area contributed by atoms with Gasteiger partial charge in [0.2, 0.25) is 10.0 Å². The Kier molecular flexibility index (Phi) is 2.76. The SMILES string of the molecule is Nc1ccc(S(=O)(=O)NC2C3C4CCC(C4)C23)cc1Br. The lowest BCUT2D eigenvalue weighted by Gasteiger charge is -2.12. The highest BCUT2D eigenvalue weighted by molar-refractivity contribution is 9.10. The first-order chi connectivity index (χ1) is 9.47. The van der Waals surface area contributed by atoms with Crippen molar-refractivity contribution in [1.82, 2.24) is 4.72 Å². The topological polar surface area (TPSA) is 72.2 Å². The molecule has 0 radical (unpaired) electrons. The molecule has 3 fully saturated rings. The third-order valence-corrected chi connectivity index (χ3v) is 7.45. The van der Waals surface area contributed by atoms with Crippen molar-refractivity contribution in [1.29, 1.82) is 0 Å². The van der Waals surface area contributed by atoms with Gasteiger partial charge >= 0.3 is 0 Å². The average molecular weight is 357 g/mol. The van der Waals surface area contributed by atoms with Crippen LogP contribution in [0.1, 0.15) is 19.3 Å². The van der Waals surface area contributed by atoms with Gasteiger partial charge in [0.15, 0.2) is 0 Å². The minimum absolute atomic E-state index is 0.169. The molecule has 4 atom stereocenters. The molecule has 4 unspecified atom stereocenters. The van der Waals surface area contributed by atoms with Crippen molar-refractivity contribution in [2.45, 2.75) is 30.2 Å². The Labute approximate surface area is 127 Å². The van der Waals surface area contributed by atoms with E-state index in [1.807, 2.05) is 0 Å². The van der Waals surface area contributed by atoms with Gasteiger partial charge in [-0.2, -0.15) is 0 Å². The molecule has 3 aliphatic rings. The average Bonchev–Trinajstić information content (AvgIpc) is 2.81. The van der Waals surface area contributed by atoms with Gasteiger partial charge in [-0.25, -0.2) is 13.1 Å². The lowest BCUT2D eigenvalue weighted by atomic mass is 10.0. The van der Waals surface area contributed by atoms with Gasteiger partial charge in [-0.1, -0.05) is 0 Å². The fourth-order valence-corrected chi connectivity index (χ4v) is 6.26. The summed E-state index contributed by atoms with van der Waals surface area (Å²) in [5.41, 5.74) is 6.25. The number of benzene rings is 1. The third kappa shape index (κ3) is 1.84. The summed E-state index contributed by atoms with van der Waals surface area (Å²) in [5, 5.41) is 0. The molecule has 0 amide bonds. The zero-order valence-electron chi connectivity index (χ0n) is 10.9. The summed E-state index contributed by atoms with van der Waals surface area (Å²) >= 11 is 3.28. The van der Waals surface area contributed by atoms with E-state index in [2.05, 4.69) is 20.7 Å². The van der Waals surface area contributed by atoms with Crippen molar-refractivity contribution in [2.75, 3.05) is 5.73 Å². The molecule has 1 aromatic rings. The standard InChI is InChI=1S/C14H17BrN2O2S/c15-10-6-9(3-4-11(10)16)20(18,19)17-14-12-7-1-2-8(5-7)13(12)14/h3-4,6-8,12-14,17H,1-2,5,16H2. The van der Waals surface area contributed by atoms with Crippen molar-refractivity contribution < 1.29 is 8.42 Å². The van der Waals surface area contributed by atoms with Crippen LogP contribution in [0.4, 0.5) is 5.69 Å². The molecule has 0 aliphatic heterocycles. The van der Waals surface area contributed by atoms with Crippen molar-refractivity contribution in [3.05, 3.63) is 22.7 Å². The van der Waals surface area contributed by atoms with Crippen LogP contribution in [-0.2, 0) is 10.0 Å². The van der Waals surface area contributed by atoms with E-state index in [1.165, 1.54) is 19.3 Å². The van der Waals surface area contributed by atoms with E-state index in [9.17, 15) is 8.42 Å². The Hall–Kier alpha value is -0.590. The van der Waals surface area contributed by atoms with Gasteiger partial charge < -0.3 is 5.73 Å². The number of sulfonamides is 1. The lowest BCUT2D eigenvalue weighted by molar-refractivity contribution is 0.456. The van der Waals surface area contributed by atoms with Crippen molar-refractivity contribution in [3.63, 3.8) is 0 Å². The molecule has 108 valence electrons. The fourth-order valence-electron chi connectivity index (χ4n) is 4.41. The van der Waals surface area contributed by atoms with Crippen molar-refractivity contribution in [2.24, 2.45) is 23.7 Å². The molecule has 1 aromatic carbocycles. The smallest absolute Gasteiger partial charge is 0.240 e. The van der Waals surface area contributed by atoms with Gasteiger partial charge in [0.1, 0.15) is 0 Å². The molecule has 2 bridgehead atoms. The molecule has 4 rings (SSSR count). The van der Waals surface area contributed by atoms with Crippen LogP contribution < -0.4 is 10.5 Å². The zero-order chi connectivity index (χ0) is 14.1. The normalized spacial score (nSPS) is 38.0. The van der Waals surface area contributed by atoms with E-state index in [0.717, 1.165) is 11.8 Å². The van der Waals surface area contributed by atoms with E-state index in [-0.39, 0.29) is 10.9 Å². The molecule has 0 saturated heterocycles. The molecule has 0 spiro atoms. The minimum atomic E-state index is -3.43. The van der Waals surface area contributed by atoms with Crippen LogP contribution in [0.15, 0.2) is 27.6 Å². The Morgan fingerprint density at radius 1 is 1.20 bits per heavy atom. The number of nitrogens with two attached hydrogens (primary N) is 1. The maximum absolute atomic E-state index is 12.4. The summed E-state index contributed by atoms with van der Waals surface area (Å²) in [6, 6.07) is 4.93. The number of hydrogen-bond donors (Lipinski definition) is 2. The highest BCUT2D eigenvalue weighted by Crippen LogP contribution is 2.65. The third-order valence-electron chi connectivity index (χ3n) is 5.31. The Balaban J connectivity index is 1.55. The molecule has 0 aromatic heterocycles. The summed E-state index contributed by atoms with van der Waals surface area (Å²) in [6.07, 6.45) is 3.90. The number of hydrogen-bond acceptors (Lipinski definition) is 3. The van der Waals surface area contributed by atoms with Crippen LogP contribution in [0.5, 0.6) is 0 Å². The van der Waals surface area contributed by atoms with Gasteiger partial charge in [0, 0.05) is 16.2 Å². The second-order valence-electron chi connectivity index (χ2n) is 6.32. The number of halogens is 1. The van der Waals surface area contributed by atoms with Gasteiger partial charge in [-0.05, 0) is 77.1 Å². The second kappa shape index (κ2) is 4.21. The van der Waals surface area contributed by atoms with E-state index in [1.54, 1.807) is 18.2 Å². The number of anilines is 1. The van der Waals surface area contributed by atoms with Crippen LogP contribution >= 0.6 is 15.9 Å². The van der Waals surface area contributed by atoms with Crippen molar-refractivity contribution >= 4 is 31.6 Å². The van der Waals surface area contributed by atoms with Crippen LogP contribution in [-0.4, -0.2) is 14.5 Å². The Bertz CT molecular complexity index is 660. The minimum Gasteiger partial charge on any atom is -0.398 e. The first-order valence-corrected chi connectivity index (χ1v) is 9.32. The van der Waals surface area contributed by atoms with Gasteiger partial charge in [-0.3, -0.25) is 0 Å². The number of fused-ring (bicyclic) bond motifs is 5.